The van der Waals surface area contributed by atoms with Gasteiger partial charge in [0.05, 0.1) is 11.0 Å². The molecule has 0 aliphatic rings. The summed E-state index contributed by atoms with van der Waals surface area (Å²) in [5, 5.41) is 10.2. The van der Waals surface area contributed by atoms with Crippen molar-refractivity contribution in [2.24, 2.45) is 0 Å². The second-order valence-corrected chi connectivity index (χ2v) is 12.8. The Morgan fingerprint density at radius 1 is 0.286 bits per heavy atom. The number of rotatable bonds is 4. The minimum atomic E-state index is 1.16. The van der Waals surface area contributed by atoms with Gasteiger partial charge in [0.25, 0.3) is 0 Å². The Hall–Kier alpha value is -6.44. The van der Waals surface area contributed by atoms with Gasteiger partial charge < -0.3 is 4.57 Å². The minimum Gasteiger partial charge on any atom is -0.309 e. The van der Waals surface area contributed by atoms with E-state index in [0.29, 0.717) is 0 Å². The van der Waals surface area contributed by atoms with Gasteiger partial charge in [-0.2, -0.15) is 0 Å². The van der Waals surface area contributed by atoms with Gasteiger partial charge in [-0.3, -0.25) is 0 Å². The van der Waals surface area contributed by atoms with Crippen molar-refractivity contribution in [3.63, 3.8) is 0 Å². The lowest BCUT2D eigenvalue weighted by molar-refractivity contribution is 1.18. The molecule has 9 aromatic carbocycles. The van der Waals surface area contributed by atoms with E-state index in [2.05, 4.69) is 193 Å². The molecule has 1 heterocycles. The lowest BCUT2D eigenvalue weighted by Gasteiger charge is -2.22. The summed E-state index contributed by atoms with van der Waals surface area (Å²) in [5.41, 5.74) is 11.0. The van der Waals surface area contributed by atoms with Crippen LogP contribution in [0.3, 0.4) is 0 Å². The third-order valence-corrected chi connectivity index (χ3v) is 10.2. The number of hydrogen-bond acceptors (Lipinski definition) is 0. The zero-order chi connectivity index (χ0) is 32.3. The van der Waals surface area contributed by atoms with Crippen LogP contribution in [0.2, 0.25) is 0 Å². The van der Waals surface area contributed by atoms with Crippen molar-refractivity contribution in [2.75, 3.05) is 0 Å². The van der Waals surface area contributed by atoms with Crippen molar-refractivity contribution in [3.05, 3.63) is 188 Å². The lowest BCUT2D eigenvalue weighted by Crippen LogP contribution is -1.96. The van der Waals surface area contributed by atoms with Crippen molar-refractivity contribution < 1.29 is 0 Å². The Morgan fingerprint density at radius 2 is 0.714 bits per heavy atom. The van der Waals surface area contributed by atoms with Gasteiger partial charge in [0.15, 0.2) is 0 Å². The predicted molar refractivity (Wildman–Crippen MR) is 210 cm³/mol. The van der Waals surface area contributed by atoms with Gasteiger partial charge in [0.2, 0.25) is 0 Å². The van der Waals surface area contributed by atoms with Gasteiger partial charge >= 0.3 is 0 Å². The fourth-order valence-electron chi connectivity index (χ4n) is 8.07. The van der Waals surface area contributed by atoms with Crippen LogP contribution in [0.4, 0.5) is 0 Å². The summed E-state index contributed by atoms with van der Waals surface area (Å²) in [6, 6.07) is 68.7. The van der Waals surface area contributed by atoms with Crippen molar-refractivity contribution in [3.8, 4) is 39.1 Å². The van der Waals surface area contributed by atoms with Gasteiger partial charge in [0, 0.05) is 16.5 Å². The van der Waals surface area contributed by atoms with Crippen LogP contribution in [0.15, 0.2) is 188 Å². The van der Waals surface area contributed by atoms with Crippen LogP contribution in [-0.4, -0.2) is 4.57 Å². The summed E-state index contributed by atoms with van der Waals surface area (Å²) in [7, 11) is 0. The maximum absolute atomic E-state index is 2.44. The molecule has 0 radical (unpaired) electrons. The van der Waals surface area contributed by atoms with Crippen LogP contribution in [0.1, 0.15) is 0 Å². The molecule has 0 saturated heterocycles. The number of nitrogens with zero attached hydrogens (tertiary/aromatic N) is 1. The standard InChI is InChI=1S/C48H31N/c1-3-15-32(16-4-1)42-31-43(33-27-29-35(30-28-33)49-44-25-13-11-21-38(44)39-22-12-14-26-45(39)49)47-40-23-9-7-19-36(40)37-20-8-10-24-41(37)48(47)46(42)34-17-5-2-6-18-34/h1-31H. The molecule has 0 N–H and O–H groups in total. The molecule has 0 aliphatic heterocycles. The van der Waals surface area contributed by atoms with E-state index < -0.39 is 0 Å². The molecule has 1 heteroatoms. The summed E-state index contributed by atoms with van der Waals surface area (Å²) in [6.45, 7) is 0. The van der Waals surface area contributed by atoms with Crippen LogP contribution >= 0.6 is 0 Å². The van der Waals surface area contributed by atoms with Gasteiger partial charge in [0.1, 0.15) is 0 Å². The first kappa shape index (κ1) is 27.7. The van der Waals surface area contributed by atoms with Crippen LogP contribution in [0.5, 0.6) is 0 Å². The Kier molecular flexibility index (Phi) is 6.25. The van der Waals surface area contributed by atoms with E-state index >= 15 is 0 Å². The molecular weight excluding hydrogens is 591 g/mol. The molecule has 228 valence electrons. The van der Waals surface area contributed by atoms with E-state index in [1.54, 1.807) is 0 Å². The molecule has 10 rings (SSSR count). The van der Waals surface area contributed by atoms with Crippen LogP contribution < -0.4 is 0 Å². The number of aromatic nitrogens is 1. The molecule has 0 aliphatic carbocycles. The van der Waals surface area contributed by atoms with Gasteiger partial charge in [-0.15, -0.1) is 0 Å². The normalized spacial score (nSPS) is 11.7. The van der Waals surface area contributed by atoms with Crippen molar-refractivity contribution >= 4 is 54.1 Å². The highest BCUT2D eigenvalue weighted by Gasteiger charge is 2.21. The molecule has 1 nitrogen and oxygen atoms in total. The Bertz CT molecular complexity index is 2790. The SMILES string of the molecule is c1ccc(-c2cc(-c3ccc(-n4c5ccccc5c5ccccc54)cc3)c3c4ccccc4c4ccccc4c3c2-c2ccccc2)cc1. The number of benzene rings is 9. The number of fused-ring (bicyclic) bond motifs is 9. The van der Waals surface area contributed by atoms with Gasteiger partial charge in [-0.05, 0) is 96.0 Å². The lowest BCUT2D eigenvalue weighted by atomic mass is 9.81. The molecule has 1 aromatic heterocycles. The quantitative estimate of drug-likeness (QED) is 0.172. The summed E-state index contributed by atoms with van der Waals surface area (Å²) < 4.78 is 2.39. The molecule has 0 saturated carbocycles. The fraction of sp³-hybridized carbons (Fsp3) is 0. The van der Waals surface area contributed by atoms with E-state index in [1.807, 2.05) is 0 Å². The van der Waals surface area contributed by atoms with Crippen molar-refractivity contribution in [2.45, 2.75) is 0 Å². The summed E-state index contributed by atoms with van der Waals surface area (Å²) >= 11 is 0. The summed E-state index contributed by atoms with van der Waals surface area (Å²) in [6.07, 6.45) is 0. The Morgan fingerprint density at radius 3 is 1.29 bits per heavy atom. The summed E-state index contributed by atoms with van der Waals surface area (Å²) in [5.74, 6) is 0. The van der Waals surface area contributed by atoms with Crippen LogP contribution in [0, 0.1) is 0 Å². The molecular formula is C48H31N. The minimum absolute atomic E-state index is 1.16. The summed E-state index contributed by atoms with van der Waals surface area (Å²) in [4.78, 5) is 0. The maximum atomic E-state index is 2.44. The molecule has 0 unspecified atom stereocenters. The Balaban J connectivity index is 1.32. The number of hydrogen-bond donors (Lipinski definition) is 0. The highest BCUT2D eigenvalue weighted by atomic mass is 15.0. The first-order valence-corrected chi connectivity index (χ1v) is 17.0. The largest absolute Gasteiger partial charge is 0.309 e. The number of para-hydroxylation sites is 2. The second kappa shape index (κ2) is 11.1. The molecule has 0 atom stereocenters. The molecule has 49 heavy (non-hydrogen) atoms. The zero-order valence-corrected chi connectivity index (χ0v) is 26.8. The van der Waals surface area contributed by atoms with Crippen LogP contribution in [-0.2, 0) is 0 Å². The molecule has 0 bridgehead atoms. The van der Waals surface area contributed by atoms with Gasteiger partial charge in [-0.25, -0.2) is 0 Å². The average molecular weight is 622 g/mol. The van der Waals surface area contributed by atoms with E-state index in [4.69, 9.17) is 0 Å². The van der Waals surface area contributed by atoms with E-state index in [9.17, 15) is 0 Å². The second-order valence-electron chi connectivity index (χ2n) is 12.8. The zero-order valence-electron chi connectivity index (χ0n) is 26.8. The third kappa shape index (κ3) is 4.26. The molecule has 0 amide bonds. The Labute approximate surface area is 284 Å². The smallest absolute Gasteiger partial charge is 0.0541 e. The van der Waals surface area contributed by atoms with E-state index in [0.717, 1.165) is 5.69 Å². The van der Waals surface area contributed by atoms with E-state index in [-0.39, 0.29) is 0 Å². The topological polar surface area (TPSA) is 4.93 Å². The monoisotopic (exact) mass is 621 g/mol. The maximum Gasteiger partial charge on any atom is 0.0541 e. The predicted octanol–water partition coefficient (Wildman–Crippen LogP) is 13.2. The van der Waals surface area contributed by atoms with Gasteiger partial charge in [-0.1, -0.05) is 158 Å². The van der Waals surface area contributed by atoms with Crippen molar-refractivity contribution in [1.29, 1.82) is 0 Å². The highest BCUT2D eigenvalue weighted by molar-refractivity contribution is 6.33. The van der Waals surface area contributed by atoms with E-state index in [1.165, 1.54) is 87.5 Å². The third-order valence-electron chi connectivity index (χ3n) is 10.2. The van der Waals surface area contributed by atoms with Crippen LogP contribution in [0.25, 0.3) is 93.2 Å². The fourth-order valence-corrected chi connectivity index (χ4v) is 8.07. The molecule has 0 fully saturated rings. The first-order valence-electron chi connectivity index (χ1n) is 17.0. The highest BCUT2D eigenvalue weighted by Crippen LogP contribution is 2.49. The molecule has 10 aromatic rings. The molecule has 0 spiro atoms. The average Bonchev–Trinajstić information content (AvgIpc) is 3.52. The first-order chi connectivity index (χ1) is 24.3. The van der Waals surface area contributed by atoms with Crippen molar-refractivity contribution in [1.82, 2.24) is 4.57 Å².